The third-order valence-electron chi connectivity index (χ3n) is 13.3. The van der Waals surface area contributed by atoms with Crippen molar-refractivity contribution in [3.63, 3.8) is 0 Å². The summed E-state index contributed by atoms with van der Waals surface area (Å²) in [5.41, 5.74) is 10.2. The van der Waals surface area contributed by atoms with Crippen molar-refractivity contribution in [2.75, 3.05) is 4.90 Å². The number of rotatable bonds is 6. The van der Waals surface area contributed by atoms with E-state index in [2.05, 4.69) is 181 Å². The van der Waals surface area contributed by atoms with Crippen LogP contribution in [0, 0.1) is 11.3 Å². The van der Waals surface area contributed by atoms with Crippen LogP contribution in [0.15, 0.2) is 237 Å². The van der Waals surface area contributed by atoms with Crippen molar-refractivity contribution in [2.45, 2.75) is 5.41 Å². The summed E-state index contributed by atoms with van der Waals surface area (Å²) in [6.45, 7) is 0. The minimum atomic E-state index is -2.89. The normalized spacial score (nSPS) is 13.7. The molecule has 0 saturated heterocycles. The zero-order chi connectivity index (χ0) is 43.4. The van der Waals surface area contributed by atoms with E-state index in [4.69, 9.17) is 15.0 Å². The maximum Gasteiger partial charge on any atom is 0.180 e. The lowest BCUT2D eigenvalue weighted by Crippen LogP contribution is -2.79. The Morgan fingerprint density at radius 3 is 1.28 bits per heavy atom. The highest BCUT2D eigenvalue weighted by Crippen LogP contribution is 2.58. The summed E-state index contributed by atoms with van der Waals surface area (Å²) in [5.74, 6) is 1.52. The molecule has 0 aliphatic carbocycles. The molecule has 0 amide bonds. The number of fused-ring (bicyclic) bond motifs is 8. The third kappa shape index (κ3) is 5.73. The maximum absolute atomic E-state index is 10.7. The van der Waals surface area contributed by atoms with Gasteiger partial charge in [-0.1, -0.05) is 206 Å². The molecule has 304 valence electrons. The second-order valence-electron chi connectivity index (χ2n) is 16.6. The van der Waals surface area contributed by atoms with E-state index in [0.717, 1.165) is 28.2 Å². The average molecular weight is 846 g/mol. The number of anilines is 3. The molecule has 0 saturated carbocycles. The SMILES string of the molecule is N#Cc1ccc(N2c3ccccc3C3(c4ccccc42)c2ccccc2[Si](c2ccccc2)(c2ccccc2)c2ccccc23)cc1-c1nc(-c2ccccc2)nc(-c2ccccc2)n1. The van der Waals surface area contributed by atoms with Gasteiger partial charge in [0.1, 0.15) is 0 Å². The molecule has 2 aliphatic heterocycles. The van der Waals surface area contributed by atoms with E-state index in [9.17, 15) is 5.26 Å². The number of para-hydroxylation sites is 2. The molecule has 0 radical (unpaired) electrons. The first-order valence-electron chi connectivity index (χ1n) is 21.9. The van der Waals surface area contributed by atoms with Crippen LogP contribution >= 0.6 is 0 Å². The van der Waals surface area contributed by atoms with Gasteiger partial charge < -0.3 is 4.90 Å². The maximum atomic E-state index is 10.7. The van der Waals surface area contributed by atoms with Crippen LogP contribution in [-0.2, 0) is 5.41 Å². The van der Waals surface area contributed by atoms with Gasteiger partial charge in [-0.3, -0.25) is 0 Å². The van der Waals surface area contributed by atoms with Crippen LogP contribution in [0.3, 0.4) is 0 Å². The molecule has 10 aromatic rings. The lowest BCUT2D eigenvalue weighted by atomic mass is 9.62. The Bertz CT molecular complexity index is 3260. The van der Waals surface area contributed by atoms with Crippen LogP contribution in [0.2, 0.25) is 0 Å². The molecule has 65 heavy (non-hydrogen) atoms. The Hall–Kier alpha value is -8.50. The predicted molar refractivity (Wildman–Crippen MR) is 265 cm³/mol. The predicted octanol–water partition coefficient (Wildman–Crippen LogP) is 10.6. The van der Waals surface area contributed by atoms with E-state index in [-0.39, 0.29) is 0 Å². The van der Waals surface area contributed by atoms with Crippen molar-refractivity contribution >= 4 is 45.9 Å². The van der Waals surface area contributed by atoms with Crippen molar-refractivity contribution in [3.05, 3.63) is 264 Å². The highest BCUT2D eigenvalue weighted by molar-refractivity contribution is 7.20. The fourth-order valence-electron chi connectivity index (χ4n) is 10.7. The molecule has 0 bridgehead atoms. The van der Waals surface area contributed by atoms with E-state index in [1.807, 2.05) is 66.7 Å². The second-order valence-corrected chi connectivity index (χ2v) is 20.3. The summed E-state index contributed by atoms with van der Waals surface area (Å²) in [5, 5.41) is 16.2. The van der Waals surface area contributed by atoms with E-state index < -0.39 is 13.5 Å². The highest BCUT2D eigenvalue weighted by atomic mass is 28.3. The molecular weight excluding hydrogens is 807 g/mol. The van der Waals surface area contributed by atoms with Crippen LogP contribution in [-0.4, -0.2) is 23.0 Å². The number of nitrogens with zero attached hydrogens (tertiary/aromatic N) is 5. The van der Waals surface area contributed by atoms with Gasteiger partial charge in [-0.2, -0.15) is 5.26 Å². The monoisotopic (exact) mass is 845 g/mol. The summed E-state index contributed by atoms with van der Waals surface area (Å²) in [6, 6.07) is 87.0. The molecule has 1 spiro atoms. The van der Waals surface area contributed by atoms with Gasteiger partial charge >= 0.3 is 0 Å². The zero-order valence-electron chi connectivity index (χ0n) is 35.3. The van der Waals surface area contributed by atoms with Gasteiger partial charge in [-0.05, 0) is 73.3 Å². The number of hydrogen-bond donors (Lipinski definition) is 0. The summed E-state index contributed by atoms with van der Waals surface area (Å²) in [7, 11) is -2.89. The van der Waals surface area contributed by atoms with Gasteiger partial charge in [0.15, 0.2) is 25.5 Å². The fourth-order valence-corrected chi connectivity index (χ4v) is 16.0. The first kappa shape index (κ1) is 38.2. The molecule has 2 aliphatic rings. The largest absolute Gasteiger partial charge is 0.310 e. The van der Waals surface area contributed by atoms with Gasteiger partial charge in [0.25, 0.3) is 0 Å². The molecule has 1 aromatic heterocycles. The molecular formula is C59H39N5Si. The van der Waals surface area contributed by atoms with Crippen molar-refractivity contribution < 1.29 is 0 Å². The second kappa shape index (κ2) is 15.4. The lowest BCUT2D eigenvalue weighted by Gasteiger charge is -2.53. The molecule has 0 fully saturated rings. The molecule has 0 unspecified atom stereocenters. The van der Waals surface area contributed by atoms with E-state index >= 15 is 0 Å². The summed E-state index contributed by atoms with van der Waals surface area (Å²) in [6.07, 6.45) is 0. The third-order valence-corrected chi connectivity index (χ3v) is 18.2. The quantitative estimate of drug-likeness (QED) is 0.156. The Morgan fingerprint density at radius 1 is 0.400 bits per heavy atom. The summed E-state index contributed by atoms with van der Waals surface area (Å²) in [4.78, 5) is 17.5. The first-order valence-corrected chi connectivity index (χ1v) is 23.9. The van der Waals surface area contributed by atoms with Crippen molar-refractivity contribution in [2.24, 2.45) is 0 Å². The van der Waals surface area contributed by atoms with E-state index in [1.54, 1.807) is 0 Å². The average Bonchev–Trinajstić information content (AvgIpc) is 3.39. The molecule has 5 nitrogen and oxygen atoms in total. The van der Waals surface area contributed by atoms with Gasteiger partial charge in [0.2, 0.25) is 0 Å². The van der Waals surface area contributed by atoms with Crippen molar-refractivity contribution in [1.29, 1.82) is 5.26 Å². The highest BCUT2D eigenvalue weighted by Gasteiger charge is 2.57. The lowest BCUT2D eigenvalue weighted by molar-refractivity contribution is 0.736. The molecule has 12 rings (SSSR count). The zero-order valence-corrected chi connectivity index (χ0v) is 36.3. The Balaban J connectivity index is 1.12. The van der Waals surface area contributed by atoms with Crippen molar-refractivity contribution in [1.82, 2.24) is 15.0 Å². The summed E-state index contributed by atoms with van der Waals surface area (Å²) >= 11 is 0. The van der Waals surface area contributed by atoms with Gasteiger partial charge in [0.05, 0.1) is 28.4 Å². The smallest absolute Gasteiger partial charge is 0.180 e. The molecule has 0 atom stereocenters. The standard InChI is InChI=1S/C59H39N5Si/c60-40-43-37-38-44(39-47(43)58-62-56(41-21-5-1-6-22-41)61-57(63-58)42-23-7-2-8-24-42)64-52-33-17-13-29-48(52)59(49-30-14-18-34-53(49)64)50-31-15-19-35-54(50)65(45-25-9-3-10-26-45,46-27-11-4-12-28-46)55-36-20-16-32-51(55)59/h1-39H. The Labute approximate surface area is 379 Å². The molecule has 9 aromatic carbocycles. The van der Waals surface area contributed by atoms with Crippen LogP contribution in [0.1, 0.15) is 27.8 Å². The fraction of sp³-hybridized carbons (Fsp3) is 0.0169. The Kier molecular flexibility index (Phi) is 9.04. The van der Waals surface area contributed by atoms with Gasteiger partial charge in [0, 0.05) is 22.4 Å². The molecule has 3 heterocycles. The van der Waals surface area contributed by atoms with Gasteiger partial charge in [-0.25, -0.2) is 15.0 Å². The number of benzene rings is 9. The van der Waals surface area contributed by atoms with E-state index in [1.165, 1.54) is 43.0 Å². The van der Waals surface area contributed by atoms with Crippen LogP contribution in [0.25, 0.3) is 34.2 Å². The Morgan fingerprint density at radius 2 is 0.800 bits per heavy atom. The summed E-state index contributed by atoms with van der Waals surface area (Å²) < 4.78 is 0. The van der Waals surface area contributed by atoms with Crippen LogP contribution < -0.4 is 25.6 Å². The van der Waals surface area contributed by atoms with Crippen LogP contribution in [0.4, 0.5) is 17.1 Å². The number of aromatic nitrogens is 3. The molecule has 0 N–H and O–H groups in total. The van der Waals surface area contributed by atoms with Crippen molar-refractivity contribution in [3.8, 4) is 40.2 Å². The minimum absolute atomic E-state index is 0.435. The van der Waals surface area contributed by atoms with Gasteiger partial charge in [-0.15, -0.1) is 0 Å². The number of nitriles is 1. The van der Waals surface area contributed by atoms with E-state index in [0.29, 0.717) is 28.6 Å². The first-order chi connectivity index (χ1) is 32.2. The topological polar surface area (TPSA) is 65.7 Å². The number of hydrogen-bond acceptors (Lipinski definition) is 5. The molecule has 6 heteroatoms. The minimum Gasteiger partial charge on any atom is -0.310 e. The van der Waals surface area contributed by atoms with Crippen LogP contribution in [0.5, 0.6) is 0 Å².